The van der Waals surface area contributed by atoms with E-state index in [1.54, 1.807) is 29.1 Å². The van der Waals surface area contributed by atoms with Crippen LogP contribution >= 0.6 is 0 Å². The van der Waals surface area contributed by atoms with Gasteiger partial charge in [0.05, 0.1) is 6.20 Å². The third kappa shape index (κ3) is 4.15. The second kappa shape index (κ2) is 6.84. The molecule has 2 aromatic rings. The second-order valence-electron chi connectivity index (χ2n) is 5.24. The highest BCUT2D eigenvalue weighted by atomic mass is 16.2. The summed E-state index contributed by atoms with van der Waals surface area (Å²) in [5.41, 5.74) is 1.33. The quantitative estimate of drug-likeness (QED) is 0.858. The van der Waals surface area contributed by atoms with Crippen LogP contribution in [0.25, 0.3) is 0 Å². The number of hydrogen-bond donors (Lipinski definition) is 2. The minimum Gasteiger partial charge on any atom is -0.349 e. The third-order valence-corrected chi connectivity index (χ3v) is 2.85. The van der Waals surface area contributed by atoms with Crippen LogP contribution in [-0.4, -0.2) is 32.6 Å². The van der Waals surface area contributed by atoms with E-state index in [0.717, 1.165) is 5.56 Å². The van der Waals surface area contributed by atoms with Crippen LogP contribution in [0.4, 0.5) is 0 Å². The number of nitrogens with zero attached hydrogens (tertiary/aromatic N) is 3. The fourth-order valence-electron chi connectivity index (χ4n) is 1.86. The summed E-state index contributed by atoms with van der Waals surface area (Å²) < 4.78 is 1.66. The van der Waals surface area contributed by atoms with E-state index in [0.29, 0.717) is 6.54 Å². The molecule has 0 atom stereocenters. The summed E-state index contributed by atoms with van der Waals surface area (Å²) in [5.74, 6) is -0.625. The molecule has 0 unspecified atom stereocenters. The summed E-state index contributed by atoms with van der Waals surface area (Å²) in [5, 5.41) is 9.52. The molecule has 0 bridgehead atoms. The molecule has 2 N–H and O–H groups in total. The summed E-state index contributed by atoms with van der Waals surface area (Å²) in [6.07, 6.45) is 3.50. The molecule has 0 aliphatic carbocycles. The van der Waals surface area contributed by atoms with Crippen LogP contribution in [0.2, 0.25) is 0 Å². The van der Waals surface area contributed by atoms with Gasteiger partial charge in [0.15, 0.2) is 0 Å². The number of carbonyl (C=O) groups is 2. The van der Waals surface area contributed by atoms with Gasteiger partial charge in [0.2, 0.25) is 0 Å². The monoisotopic (exact) mass is 301 g/mol. The molecule has 0 saturated heterocycles. The molecule has 2 aromatic heterocycles. The first-order valence-corrected chi connectivity index (χ1v) is 6.99. The van der Waals surface area contributed by atoms with Crippen molar-refractivity contribution in [1.29, 1.82) is 0 Å². The van der Waals surface area contributed by atoms with E-state index in [-0.39, 0.29) is 29.2 Å². The van der Waals surface area contributed by atoms with Gasteiger partial charge in [-0.2, -0.15) is 5.10 Å². The van der Waals surface area contributed by atoms with E-state index in [2.05, 4.69) is 20.7 Å². The Balaban J connectivity index is 2.02. The summed E-state index contributed by atoms with van der Waals surface area (Å²) in [7, 11) is 1.81. The van der Waals surface area contributed by atoms with Gasteiger partial charge < -0.3 is 10.6 Å². The number of hydrogen-bond acceptors (Lipinski definition) is 4. The number of nitrogens with one attached hydrogen (secondary N) is 2. The molecule has 2 rings (SSSR count). The van der Waals surface area contributed by atoms with E-state index >= 15 is 0 Å². The zero-order valence-electron chi connectivity index (χ0n) is 12.8. The van der Waals surface area contributed by atoms with Crippen molar-refractivity contribution in [1.82, 2.24) is 25.4 Å². The van der Waals surface area contributed by atoms with Crippen molar-refractivity contribution in [2.75, 3.05) is 0 Å². The Bertz CT molecular complexity index is 678. The Labute approximate surface area is 128 Å². The molecule has 0 aromatic carbocycles. The van der Waals surface area contributed by atoms with Crippen LogP contribution in [0.3, 0.4) is 0 Å². The average Bonchev–Trinajstić information content (AvgIpc) is 2.90. The van der Waals surface area contributed by atoms with Crippen LogP contribution < -0.4 is 10.6 Å². The SMILES string of the molecule is CC(C)NC(=O)c1cccc(C(=O)NCc2cnn(C)c2)n1. The van der Waals surface area contributed by atoms with Gasteiger partial charge in [0.25, 0.3) is 11.8 Å². The van der Waals surface area contributed by atoms with Crippen molar-refractivity contribution in [2.24, 2.45) is 7.05 Å². The van der Waals surface area contributed by atoms with Crippen LogP contribution in [0.15, 0.2) is 30.6 Å². The highest BCUT2D eigenvalue weighted by Gasteiger charge is 2.13. The first-order valence-electron chi connectivity index (χ1n) is 6.99. The minimum absolute atomic E-state index is 0.0114. The van der Waals surface area contributed by atoms with Gasteiger partial charge >= 0.3 is 0 Å². The fraction of sp³-hybridized carbons (Fsp3) is 0.333. The first kappa shape index (κ1) is 15.7. The normalized spacial score (nSPS) is 10.5. The molecule has 2 heterocycles. The zero-order valence-corrected chi connectivity index (χ0v) is 12.8. The van der Waals surface area contributed by atoms with Crippen LogP contribution in [0.1, 0.15) is 40.4 Å². The largest absolute Gasteiger partial charge is 0.349 e. The molecule has 0 aliphatic heterocycles. The minimum atomic E-state index is -0.331. The predicted molar refractivity (Wildman–Crippen MR) is 81.2 cm³/mol. The van der Waals surface area contributed by atoms with Crippen molar-refractivity contribution >= 4 is 11.8 Å². The van der Waals surface area contributed by atoms with Gasteiger partial charge in [0.1, 0.15) is 11.4 Å². The molecule has 0 saturated carbocycles. The number of aromatic nitrogens is 3. The first-order chi connectivity index (χ1) is 10.5. The maximum Gasteiger partial charge on any atom is 0.270 e. The number of pyridine rings is 1. The molecule has 0 radical (unpaired) electrons. The standard InChI is InChI=1S/C15H19N5O2/c1-10(2)18-15(22)13-6-4-5-12(19-13)14(21)16-7-11-8-17-20(3)9-11/h4-6,8-10H,7H2,1-3H3,(H,16,21)(H,18,22). The van der Waals surface area contributed by atoms with Crippen molar-refractivity contribution < 1.29 is 9.59 Å². The second-order valence-corrected chi connectivity index (χ2v) is 5.24. The lowest BCUT2D eigenvalue weighted by Gasteiger charge is -2.08. The zero-order chi connectivity index (χ0) is 16.1. The third-order valence-electron chi connectivity index (χ3n) is 2.85. The molecule has 0 spiro atoms. The fourth-order valence-corrected chi connectivity index (χ4v) is 1.86. The van der Waals surface area contributed by atoms with E-state index in [4.69, 9.17) is 0 Å². The predicted octanol–water partition coefficient (Wildman–Crippen LogP) is 0.883. The van der Waals surface area contributed by atoms with Gasteiger partial charge in [-0.1, -0.05) is 6.07 Å². The molecule has 22 heavy (non-hydrogen) atoms. The van der Waals surface area contributed by atoms with Crippen LogP contribution in [-0.2, 0) is 13.6 Å². The summed E-state index contributed by atoms with van der Waals surface area (Å²) in [4.78, 5) is 28.1. The smallest absolute Gasteiger partial charge is 0.270 e. The van der Waals surface area contributed by atoms with Gasteiger partial charge in [-0.25, -0.2) is 4.98 Å². The van der Waals surface area contributed by atoms with E-state index in [1.807, 2.05) is 27.1 Å². The van der Waals surface area contributed by atoms with E-state index in [1.165, 1.54) is 0 Å². The van der Waals surface area contributed by atoms with Crippen molar-refractivity contribution in [3.05, 3.63) is 47.5 Å². The Morgan fingerprint density at radius 2 is 1.91 bits per heavy atom. The van der Waals surface area contributed by atoms with E-state index in [9.17, 15) is 9.59 Å². The maximum absolute atomic E-state index is 12.1. The molecular weight excluding hydrogens is 282 g/mol. The Morgan fingerprint density at radius 1 is 1.23 bits per heavy atom. The van der Waals surface area contributed by atoms with Crippen LogP contribution in [0.5, 0.6) is 0 Å². The highest BCUT2D eigenvalue weighted by Crippen LogP contribution is 2.02. The molecule has 116 valence electrons. The molecular formula is C15H19N5O2. The lowest BCUT2D eigenvalue weighted by molar-refractivity contribution is 0.0936. The summed E-state index contributed by atoms with van der Waals surface area (Å²) >= 11 is 0. The van der Waals surface area contributed by atoms with E-state index < -0.39 is 0 Å². The van der Waals surface area contributed by atoms with Gasteiger partial charge in [-0.3, -0.25) is 14.3 Å². The summed E-state index contributed by atoms with van der Waals surface area (Å²) in [6.45, 7) is 4.08. The maximum atomic E-state index is 12.1. The highest BCUT2D eigenvalue weighted by molar-refractivity contribution is 5.96. The van der Waals surface area contributed by atoms with Gasteiger partial charge in [0, 0.05) is 31.4 Å². The number of amides is 2. The summed E-state index contributed by atoms with van der Waals surface area (Å²) in [6, 6.07) is 4.80. The number of aryl methyl sites for hydroxylation is 1. The van der Waals surface area contributed by atoms with Crippen molar-refractivity contribution in [3.8, 4) is 0 Å². The number of rotatable bonds is 5. The Kier molecular flexibility index (Phi) is 4.88. The van der Waals surface area contributed by atoms with Gasteiger partial charge in [-0.15, -0.1) is 0 Å². The number of carbonyl (C=O) groups excluding carboxylic acids is 2. The van der Waals surface area contributed by atoms with Crippen molar-refractivity contribution in [3.63, 3.8) is 0 Å². The molecule has 0 fully saturated rings. The average molecular weight is 301 g/mol. The molecule has 7 heteroatoms. The molecule has 7 nitrogen and oxygen atoms in total. The van der Waals surface area contributed by atoms with Crippen molar-refractivity contribution in [2.45, 2.75) is 26.4 Å². The lowest BCUT2D eigenvalue weighted by Crippen LogP contribution is -2.31. The molecule has 2 amide bonds. The lowest BCUT2D eigenvalue weighted by atomic mass is 10.2. The Hall–Kier alpha value is -2.70. The Morgan fingerprint density at radius 3 is 2.50 bits per heavy atom. The van der Waals surface area contributed by atoms with Gasteiger partial charge in [-0.05, 0) is 26.0 Å². The van der Waals surface area contributed by atoms with Crippen LogP contribution in [0, 0.1) is 0 Å². The topological polar surface area (TPSA) is 88.9 Å². The molecule has 0 aliphatic rings.